The highest BCUT2D eigenvalue weighted by Gasteiger charge is 2.01. The summed E-state index contributed by atoms with van der Waals surface area (Å²) in [6.45, 7) is 3.62. The fraction of sp³-hybridized carbons (Fsp3) is 0.417. The summed E-state index contributed by atoms with van der Waals surface area (Å²) < 4.78 is 5.35. The molecule has 0 heterocycles. The van der Waals surface area contributed by atoms with Crippen LogP contribution in [0, 0.1) is 0 Å². The van der Waals surface area contributed by atoms with E-state index < -0.39 is 5.97 Å². The number of hydrogen-bond donors (Lipinski definition) is 1. The molecule has 0 saturated carbocycles. The summed E-state index contributed by atoms with van der Waals surface area (Å²) in [4.78, 5) is 11.7. The number of carboxylic acids is 1. The van der Waals surface area contributed by atoms with E-state index in [4.69, 9.17) is 9.84 Å². The summed E-state index contributed by atoms with van der Waals surface area (Å²) in [7, 11) is 0. The lowest BCUT2D eigenvalue weighted by Crippen LogP contribution is -1.98. The van der Waals surface area contributed by atoms with Crippen LogP contribution in [0.3, 0.4) is 0 Å². The highest BCUT2D eigenvalue weighted by atomic mass is 32.2. The van der Waals surface area contributed by atoms with Crippen LogP contribution in [0.2, 0.25) is 0 Å². The van der Waals surface area contributed by atoms with Crippen LogP contribution in [-0.4, -0.2) is 30.0 Å². The van der Waals surface area contributed by atoms with Crippen LogP contribution < -0.4 is 0 Å². The van der Waals surface area contributed by atoms with Gasteiger partial charge in [-0.2, -0.15) is 0 Å². The average molecular weight is 240 g/mol. The van der Waals surface area contributed by atoms with Crippen molar-refractivity contribution in [2.24, 2.45) is 0 Å². The zero-order valence-electron chi connectivity index (χ0n) is 9.31. The molecule has 3 nitrogen and oxygen atoms in total. The minimum atomic E-state index is -0.886. The maximum atomic E-state index is 10.6. The van der Waals surface area contributed by atoms with Gasteiger partial charge in [0, 0.05) is 17.3 Å². The molecule has 0 aliphatic carbocycles. The fourth-order valence-electron chi connectivity index (χ4n) is 1.16. The van der Waals surface area contributed by atoms with Gasteiger partial charge < -0.3 is 9.84 Å². The molecule has 0 aromatic heterocycles. The van der Waals surface area contributed by atoms with Crippen LogP contribution in [0.25, 0.3) is 0 Å². The lowest BCUT2D eigenvalue weighted by atomic mass is 10.2. The van der Waals surface area contributed by atoms with E-state index in [1.807, 2.05) is 12.1 Å². The minimum absolute atomic E-state index is 0.326. The van der Waals surface area contributed by atoms with E-state index in [1.165, 1.54) is 0 Å². The van der Waals surface area contributed by atoms with Crippen molar-refractivity contribution in [3.05, 3.63) is 29.8 Å². The third-order valence-electron chi connectivity index (χ3n) is 1.95. The van der Waals surface area contributed by atoms with Gasteiger partial charge in [-0.3, -0.25) is 0 Å². The Labute approximate surface area is 99.8 Å². The molecule has 0 atom stereocenters. The molecular weight excluding hydrogens is 224 g/mol. The maximum Gasteiger partial charge on any atom is 0.335 e. The third-order valence-corrected chi connectivity index (χ3v) is 2.92. The molecule has 0 bridgehead atoms. The molecule has 0 aliphatic heterocycles. The monoisotopic (exact) mass is 240 g/mol. The van der Waals surface area contributed by atoms with Crippen molar-refractivity contribution in [1.29, 1.82) is 0 Å². The Bertz CT molecular complexity index is 322. The smallest absolute Gasteiger partial charge is 0.335 e. The van der Waals surface area contributed by atoms with Gasteiger partial charge in [-0.25, -0.2) is 4.79 Å². The molecule has 0 fully saturated rings. The average Bonchev–Trinajstić information content (AvgIpc) is 2.29. The van der Waals surface area contributed by atoms with Crippen molar-refractivity contribution in [2.45, 2.75) is 18.2 Å². The molecule has 4 heteroatoms. The van der Waals surface area contributed by atoms with Crippen LogP contribution in [0.5, 0.6) is 0 Å². The Balaban J connectivity index is 2.29. The topological polar surface area (TPSA) is 46.5 Å². The normalized spacial score (nSPS) is 10.3. The van der Waals surface area contributed by atoms with Crippen LogP contribution >= 0.6 is 11.8 Å². The number of thioether (sulfide) groups is 1. The molecule has 0 radical (unpaired) electrons. The molecule has 0 aliphatic rings. The van der Waals surface area contributed by atoms with Gasteiger partial charge in [-0.05, 0) is 30.7 Å². The summed E-state index contributed by atoms with van der Waals surface area (Å²) in [5, 5.41) is 8.72. The number of aromatic carboxylic acids is 1. The molecule has 0 spiro atoms. The summed E-state index contributed by atoms with van der Waals surface area (Å²) >= 11 is 1.67. The first-order chi connectivity index (χ1) is 7.74. The molecule has 0 unspecified atom stereocenters. The van der Waals surface area contributed by atoms with E-state index in [-0.39, 0.29) is 0 Å². The minimum Gasteiger partial charge on any atom is -0.478 e. The van der Waals surface area contributed by atoms with Crippen LogP contribution in [0.1, 0.15) is 23.7 Å². The van der Waals surface area contributed by atoms with E-state index in [0.717, 1.165) is 30.3 Å². The number of hydrogen-bond acceptors (Lipinski definition) is 3. The van der Waals surface area contributed by atoms with E-state index in [2.05, 4.69) is 6.92 Å². The molecule has 1 N–H and O–H groups in total. The number of carbonyl (C=O) groups is 1. The van der Waals surface area contributed by atoms with E-state index in [0.29, 0.717) is 5.56 Å². The highest BCUT2D eigenvalue weighted by Crippen LogP contribution is 2.18. The second kappa shape index (κ2) is 7.30. The van der Waals surface area contributed by atoms with Gasteiger partial charge in [0.05, 0.1) is 12.2 Å². The summed E-state index contributed by atoms with van der Waals surface area (Å²) in [5.41, 5.74) is 0.326. The number of rotatable bonds is 7. The first-order valence-corrected chi connectivity index (χ1v) is 6.26. The number of carboxylic acid groups (broad SMARTS) is 1. The largest absolute Gasteiger partial charge is 0.478 e. The molecule has 1 aromatic rings. The van der Waals surface area contributed by atoms with Gasteiger partial charge in [-0.15, -0.1) is 11.8 Å². The Hall–Kier alpha value is -1.00. The fourth-order valence-corrected chi connectivity index (χ4v) is 1.92. The van der Waals surface area contributed by atoms with Crippen molar-refractivity contribution < 1.29 is 14.6 Å². The number of ether oxygens (including phenoxy) is 1. The van der Waals surface area contributed by atoms with Crippen LogP contribution in [0.15, 0.2) is 29.2 Å². The summed E-state index contributed by atoms with van der Waals surface area (Å²) in [6, 6.07) is 6.90. The van der Waals surface area contributed by atoms with Gasteiger partial charge in [0.15, 0.2) is 0 Å². The standard InChI is InChI=1S/C12H16O3S/c1-2-7-15-8-9-16-11-5-3-10(4-6-11)12(13)14/h3-6H,2,7-9H2,1H3,(H,13,14). The first kappa shape index (κ1) is 13.1. The lowest BCUT2D eigenvalue weighted by molar-refractivity contribution is 0.0697. The summed E-state index contributed by atoms with van der Waals surface area (Å²) in [6.07, 6.45) is 1.04. The Morgan fingerprint density at radius 1 is 1.31 bits per heavy atom. The molecule has 1 aromatic carbocycles. The van der Waals surface area contributed by atoms with Gasteiger partial charge in [0.25, 0.3) is 0 Å². The second-order valence-corrected chi connectivity index (χ2v) is 4.46. The molecular formula is C12H16O3S. The van der Waals surface area contributed by atoms with Crippen molar-refractivity contribution in [1.82, 2.24) is 0 Å². The molecule has 16 heavy (non-hydrogen) atoms. The van der Waals surface area contributed by atoms with E-state index in [1.54, 1.807) is 23.9 Å². The molecule has 0 saturated heterocycles. The Morgan fingerprint density at radius 3 is 2.56 bits per heavy atom. The van der Waals surface area contributed by atoms with Gasteiger partial charge in [0.2, 0.25) is 0 Å². The number of benzene rings is 1. The Morgan fingerprint density at radius 2 is 2.00 bits per heavy atom. The van der Waals surface area contributed by atoms with Crippen molar-refractivity contribution in [3.8, 4) is 0 Å². The molecule has 0 amide bonds. The summed E-state index contributed by atoms with van der Waals surface area (Å²) in [5.74, 6) is 0.00899. The first-order valence-electron chi connectivity index (χ1n) is 5.28. The third kappa shape index (κ3) is 4.68. The van der Waals surface area contributed by atoms with Gasteiger partial charge in [0.1, 0.15) is 0 Å². The molecule has 1 rings (SSSR count). The van der Waals surface area contributed by atoms with Gasteiger partial charge in [-0.1, -0.05) is 6.92 Å². The zero-order valence-corrected chi connectivity index (χ0v) is 10.1. The van der Waals surface area contributed by atoms with Crippen molar-refractivity contribution in [3.63, 3.8) is 0 Å². The quantitative estimate of drug-likeness (QED) is 0.588. The SMILES string of the molecule is CCCOCCSc1ccc(C(=O)O)cc1. The van der Waals surface area contributed by atoms with E-state index >= 15 is 0 Å². The van der Waals surface area contributed by atoms with Crippen LogP contribution in [0.4, 0.5) is 0 Å². The molecule has 88 valence electrons. The zero-order chi connectivity index (χ0) is 11.8. The van der Waals surface area contributed by atoms with Gasteiger partial charge >= 0.3 is 5.97 Å². The predicted molar refractivity (Wildman–Crippen MR) is 65.2 cm³/mol. The van der Waals surface area contributed by atoms with Crippen molar-refractivity contribution in [2.75, 3.05) is 19.0 Å². The lowest BCUT2D eigenvalue weighted by Gasteiger charge is -2.03. The second-order valence-electron chi connectivity index (χ2n) is 3.29. The highest BCUT2D eigenvalue weighted by molar-refractivity contribution is 7.99. The van der Waals surface area contributed by atoms with Crippen molar-refractivity contribution >= 4 is 17.7 Å². The van der Waals surface area contributed by atoms with Crippen LogP contribution in [-0.2, 0) is 4.74 Å². The van der Waals surface area contributed by atoms with E-state index in [9.17, 15) is 4.79 Å². The Kier molecular flexibility index (Phi) is 5.96. The predicted octanol–water partition coefficient (Wildman–Crippen LogP) is 2.90. The maximum absolute atomic E-state index is 10.6.